The average Bonchev–Trinajstić information content (AvgIpc) is 2.66. The lowest BCUT2D eigenvalue weighted by atomic mass is 10.1. The molecule has 0 unspecified atom stereocenters. The molecule has 0 aliphatic rings. The third-order valence-corrected chi connectivity index (χ3v) is 3.96. The van der Waals surface area contributed by atoms with E-state index in [0.717, 1.165) is 16.7 Å². The molecule has 0 spiro atoms. The molecule has 3 aromatic rings. The van der Waals surface area contributed by atoms with Crippen molar-refractivity contribution in [3.8, 4) is 17.0 Å². The van der Waals surface area contributed by atoms with Crippen LogP contribution in [-0.2, 0) is 6.54 Å². The lowest BCUT2D eigenvalue weighted by Crippen LogP contribution is -2.22. The highest BCUT2D eigenvalue weighted by molar-refractivity contribution is 6.30. The van der Waals surface area contributed by atoms with Crippen LogP contribution in [0, 0.1) is 0 Å². The van der Waals surface area contributed by atoms with E-state index in [-0.39, 0.29) is 5.91 Å². The van der Waals surface area contributed by atoms with Crippen LogP contribution < -0.4 is 10.1 Å². The summed E-state index contributed by atoms with van der Waals surface area (Å²) in [4.78, 5) is 16.5. The third-order valence-electron chi connectivity index (χ3n) is 3.73. The van der Waals surface area contributed by atoms with Crippen LogP contribution in [0.25, 0.3) is 11.1 Å². The maximum atomic E-state index is 12.2. The van der Waals surface area contributed by atoms with Crippen LogP contribution in [0.1, 0.15) is 15.9 Å². The Kier molecular flexibility index (Phi) is 5.31. The van der Waals surface area contributed by atoms with E-state index in [0.29, 0.717) is 23.0 Å². The number of hydrogen-bond acceptors (Lipinski definition) is 3. The monoisotopic (exact) mass is 352 g/mol. The zero-order valence-electron chi connectivity index (χ0n) is 13.7. The number of hydrogen-bond donors (Lipinski definition) is 1. The zero-order valence-corrected chi connectivity index (χ0v) is 14.5. The predicted octanol–water partition coefficient (Wildman–Crippen LogP) is 4.34. The summed E-state index contributed by atoms with van der Waals surface area (Å²) in [6, 6.07) is 18.5. The van der Waals surface area contributed by atoms with E-state index in [2.05, 4.69) is 10.3 Å². The quantitative estimate of drug-likeness (QED) is 0.743. The molecule has 0 atom stereocenters. The molecule has 1 N–H and O–H groups in total. The van der Waals surface area contributed by atoms with Gasteiger partial charge in [-0.1, -0.05) is 41.9 Å². The van der Waals surface area contributed by atoms with E-state index in [1.807, 2.05) is 48.5 Å². The van der Waals surface area contributed by atoms with Crippen LogP contribution in [-0.4, -0.2) is 18.0 Å². The van der Waals surface area contributed by atoms with Gasteiger partial charge in [0.1, 0.15) is 0 Å². The summed E-state index contributed by atoms with van der Waals surface area (Å²) in [6.07, 6.45) is 1.69. The Labute approximate surface area is 151 Å². The Hall–Kier alpha value is -2.85. The van der Waals surface area contributed by atoms with E-state index in [1.54, 1.807) is 25.4 Å². The lowest BCUT2D eigenvalue weighted by Gasteiger charge is -2.11. The van der Waals surface area contributed by atoms with Crippen molar-refractivity contribution < 1.29 is 9.53 Å². The fourth-order valence-electron chi connectivity index (χ4n) is 2.49. The van der Waals surface area contributed by atoms with Gasteiger partial charge in [-0.25, -0.2) is 4.98 Å². The van der Waals surface area contributed by atoms with Crippen molar-refractivity contribution in [1.29, 1.82) is 0 Å². The molecule has 1 aromatic heterocycles. The largest absolute Gasteiger partial charge is 0.481 e. The summed E-state index contributed by atoms with van der Waals surface area (Å²) in [7, 11) is 1.58. The number of carbonyl (C=O) groups excluding carboxylic acids is 1. The Morgan fingerprint density at radius 3 is 2.64 bits per heavy atom. The molecule has 0 saturated carbocycles. The van der Waals surface area contributed by atoms with E-state index in [9.17, 15) is 4.79 Å². The molecule has 0 aliphatic carbocycles. The summed E-state index contributed by atoms with van der Waals surface area (Å²) >= 11 is 6.08. The number of nitrogens with one attached hydrogen (secondary N) is 1. The van der Waals surface area contributed by atoms with Crippen LogP contribution >= 0.6 is 11.6 Å². The van der Waals surface area contributed by atoms with Crippen LogP contribution in [0.3, 0.4) is 0 Å². The summed E-state index contributed by atoms with van der Waals surface area (Å²) in [5.74, 6) is 0.390. The minimum absolute atomic E-state index is 0.124. The van der Waals surface area contributed by atoms with Crippen molar-refractivity contribution >= 4 is 17.5 Å². The number of methoxy groups -OCH3 is 1. The van der Waals surface area contributed by atoms with Crippen molar-refractivity contribution in [3.63, 3.8) is 0 Å². The van der Waals surface area contributed by atoms with Crippen LogP contribution in [0.2, 0.25) is 5.02 Å². The number of pyridine rings is 1. The van der Waals surface area contributed by atoms with E-state index in [1.165, 1.54) is 0 Å². The minimum atomic E-state index is -0.124. The van der Waals surface area contributed by atoms with Gasteiger partial charge < -0.3 is 10.1 Å². The second-order valence-electron chi connectivity index (χ2n) is 5.46. The molecule has 0 bridgehead atoms. The van der Waals surface area contributed by atoms with Crippen molar-refractivity contribution in [1.82, 2.24) is 10.3 Å². The lowest BCUT2D eigenvalue weighted by molar-refractivity contribution is 0.0951. The first-order valence-electron chi connectivity index (χ1n) is 7.79. The second-order valence-corrected chi connectivity index (χ2v) is 5.90. The van der Waals surface area contributed by atoms with Gasteiger partial charge in [-0.15, -0.1) is 0 Å². The van der Waals surface area contributed by atoms with Gasteiger partial charge in [0.15, 0.2) is 0 Å². The molecule has 0 radical (unpaired) electrons. The van der Waals surface area contributed by atoms with Crippen LogP contribution in [0.15, 0.2) is 66.9 Å². The van der Waals surface area contributed by atoms with Gasteiger partial charge in [0, 0.05) is 28.9 Å². The smallest absolute Gasteiger partial charge is 0.251 e. The molecule has 5 heteroatoms. The number of ether oxygens (including phenoxy) is 1. The molecule has 126 valence electrons. The van der Waals surface area contributed by atoms with Crippen molar-refractivity contribution in [2.24, 2.45) is 0 Å². The van der Waals surface area contributed by atoms with Gasteiger partial charge in [0.25, 0.3) is 5.91 Å². The topological polar surface area (TPSA) is 51.2 Å². The van der Waals surface area contributed by atoms with Crippen molar-refractivity contribution in [2.45, 2.75) is 6.54 Å². The second kappa shape index (κ2) is 7.81. The van der Waals surface area contributed by atoms with Gasteiger partial charge in [-0.3, -0.25) is 4.79 Å². The highest BCUT2D eigenvalue weighted by Crippen LogP contribution is 2.30. The fraction of sp³-hybridized carbons (Fsp3) is 0.100. The molecule has 25 heavy (non-hydrogen) atoms. The highest BCUT2D eigenvalue weighted by atomic mass is 35.5. The number of amides is 1. The summed E-state index contributed by atoms with van der Waals surface area (Å²) < 4.78 is 5.35. The minimum Gasteiger partial charge on any atom is -0.481 e. The fourth-order valence-corrected chi connectivity index (χ4v) is 2.68. The van der Waals surface area contributed by atoms with Crippen LogP contribution in [0.5, 0.6) is 5.88 Å². The first kappa shape index (κ1) is 17.0. The first-order valence-corrected chi connectivity index (χ1v) is 8.17. The third kappa shape index (κ3) is 4.17. The van der Waals surface area contributed by atoms with Gasteiger partial charge in [0.2, 0.25) is 5.88 Å². The predicted molar refractivity (Wildman–Crippen MR) is 98.8 cm³/mol. The van der Waals surface area contributed by atoms with Crippen molar-refractivity contribution in [3.05, 3.63) is 83.0 Å². The summed E-state index contributed by atoms with van der Waals surface area (Å²) in [5.41, 5.74) is 3.24. The number of rotatable bonds is 5. The Morgan fingerprint density at radius 2 is 1.92 bits per heavy atom. The maximum Gasteiger partial charge on any atom is 0.251 e. The van der Waals surface area contributed by atoms with Gasteiger partial charge in [-0.2, -0.15) is 0 Å². The molecule has 0 saturated heterocycles. The summed E-state index contributed by atoms with van der Waals surface area (Å²) in [5, 5.41) is 3.54. The number of carbonyl (C=O) groups is 1. The Bertz CT molecular complexity index is 882. The van der Waals surface area contributed by atoms with Gasteiger partial charge >= 0.3 is 0 Å². The van der Waals surface area contributed by atoms with Crippen LogP contribution in [0.4, 0.5) is 0 Å². The molecule has 1 heterocycles. The standard InChI is InChI=1S/C20H17ClN2O2/c1-25-20-18(16-8-5-9-17(21)11-16)10-14(13-23-20)12-22-19(24)15-6-3-2-4-7-15/h2-11,13H,12H2,1H3,(H,22,24). The average molecular weight is 353 g/mol. The molecule has 0 fully saturated rings. The normalized spacial score (nSPS) is 10.3. The highest BCUT2D eigenvalue weighted by Gasteiger charge is 2.10. The number of halogens is 1. The molecule has 3 rings (SSSR count). The SMILES string of the molecule is COc1ncc(CNC(=O)c2ccccc2)cc1-c1cccc(Cl)c1. The van der Waals surface area contributed by atoms with Crippen molar-refractivity contribution in [2.75, 3.05) is 7.11 Å². The molecule has 0 aliphatic heterocycles. The first-order chi connectivity index (χ1) is 12.2. The number of aromatic nitrogens is 1. The van der Waals surface area contributed by atoms with Gasteiger partial charge in [-0.05, 0) is 41.5 Å². The molecule has 2 aromatic carbocycles. The molecule has 4 nitrogen and oxygen atoms in total. The van der Waals surface area contributed by atoms with Gasteiger partial charge in [0.05, 0.1) is 7.11 Å². The van der Waals surface area contributed by atoms with E-state index < -0.39 is 0 Å². The molecule has 1 amide bonds. The molecular formula is C20H17ClN2O2. The molecular weight excluding hydrogens is 336 g/mol. The summed E-state index contributed by atoms with van der Waals surface area (Å²) in [6.45, 7) is 0.373. The Balaban J connectivity index is 1.81. The number of nitrogens with zero attached hydrogens (tertiary/aromatic N) is 1. The number of benzene rings is 2. The maximum absolute atomic E-state index is 12.2. The zero-order chi connectivity index (χ0) is 17.6. The Morgan fingerprint density at radius 1 is 1.12 bits per heavy atom. The van der Waals surface area contributed by atoms with E-state index in [4.69, 9.17) is 16.3 Å². The van der Waals surface area contributed by atoms with E-state index >= 15 is 0 Å².